The molecular weight excluding hydrogens is 1290 g/mol. The predicted molar refractivity (Wildman–Crippen MR) is 405 cm³/mol. The lowest BCUT2D eigenvalue weighted by Gasteiger charge is -2.21. The molecule has 0 heterocycles. The monoisotopic (exact) mass is 1450 g/mol. The zero-order valence-electron chi connectivity index (χ0n) is 64.5. The number of hydrogen-bond donors (Lipinski definition) is 3. The molecule has 0 fully saturated rings. The molecule has 0 aromatic heterocycles. The van der Waals surface area contributed by atoms with Crippen LogP contribution in [0.15, 0.2) is 0 Å². The molecule has 0 aromatic rings. The number of aliphatic hydroxyl groups excluding tert-OH is 1. The number of aliphatic hydroxyl groups is 1. The van der Waals surface area contributed by atoms with Gasteiger partial charge in [-0.25, -0.2) is 9.13 Å². The second-order valence-electron chi connectivity index (χ2n) is 28.8. The van der Waals surface area contributed by atoms with Gasteiger partial charge in [0, 0.05) is 25.7 Å². The van der Waals surface area contributed by atoms with E-state index in [1.54, 1.807) is 0 Å². The fourth-order valence-corrected chi connectivity index (χ4v) is 14.0. The summed E-state index contributed by atoms with van der Waals surface area (Å²) in [6.45, 7) is 4.98. The summed E-state index contributed by atoms with van der Waals surface area (Å²) in [4.78, 5) is 72.8. The Kier molecular flexibility index (Phi) is 72.9. The Morgan fingerprint density at radius 2 is 0.404 bits per heavy atom. The van der Waals surface area contributed by atoms with Gasteiger partial charge in [0.2, 0.25) is 0 Å². The lowest BCUT2D eigenvalue weighted by Crippen LogP contribution is -2.30. The number of carbonyl (C=O) groups excluding carboxylic acids is 4. The van der Waals surface area contributed by atoms with Crippen molar-refractivity contribution in [1.82, 2.24) is 0 Å². The van der Waals surface area contributed by atoms with Crippen molar-refractivity contribution in [3.8, 4) is 0 Å². The molecule has 0 aliphatic heterocycles. The summed E-state index contributed by atoms with van der Waals surface area (Å²) in [6.07, 6.45) is 66.8. The molecule has 0 spiro atoms. The minimum absolute atomic E-state index is 0.108. The van der Waals surface area contributed by atoms with Gasteiger partial charge < -0.3 is 33.8 Å². The van der Waals surface area contributed by atoms with Crippen LogP contribution in [0.25, 0.3) is 0 Å². The molecule has 17 nitrogen and oxygen atoms in total. The second kappa shape index (κ2) is 74.3. The van der Waals surface area contributed by atoms with Gasteiger partial charge in [-0.15, -0.1) is 0 Å². The average Bonchev–Trinajstić information content (AvgIpc) is 0.972. The minimum atomic E-state index is -4.96. The molecule has 0 radical (unpaired) electrons. The second-order valence-corrected chi connectivity index (χ2v) is 31.7. The van der Waals surface area contributed by atoms with Crippen LogP contribution in [0.2, 0.25) is 0 Å². The first kappa shape index (κ1) is 97.1. The van der Waals surface area contributed by atoms with E-state index in [0.29, 0.717) is 25.7 Å². The van der Waals surface area contributed by atoms with Crippen LogP contribution in [0, 0.1) is 0 Å². The lowest BCUT2D eigenvalue weighted by molar-refractivity contribution is -0.161. The minimum Gasteiger partial charge on any atom is -0.462 e. The van der Waals surface area contributed by atoms with Gasteiger partial charge in [0.25, 0.3) is 0 Å². The van der Waals surface area contributed by atoms with Gasteiger partial charge in [0.05, 0.1) is 26.4 Å². The van der Waals surface area contributed by atoms with E-state index in [-0.39, 0.29) is 25.7 Å². The Morgan fingerprint density at radius 3 is 0.596 bits per heavy atom. The van der Waals surface area contributed by atoms with Crippen LogP contribution < -0.4 is 0 Å². The van der Waals surface area contributed by atoms with Gasteiger partial charge in [0.15, 0.2) is 12.2 Å². The summed E-state index contributed by atoms with van der Waals surface area (Å²) in [5, 5.41) is 10.6. The van der Waals surface area contributed by atoms with Gasteiger partial charge in [-0.05, 0) is 25.7 Å². The molecule has 0 aliphatic rings. The van der Waals surface area contributed by atoms with Crippen LogP contribution in [0.5, 0.6) is 0 Å². The van der Waals surface area contributed by atoms with Gasteiger partial charge in [0.1, 0.15) is 19.3 Å². The molecule has 5 atom stereocenters. The highest BCUT2D eigenvalue weighted by Gasteiger charge is 2.30. The van der Waals surface area contributed by atoms with Crippen LogP contribution in [0.4, 0.5) is 0 Å². The molecule has 0 saturated heterocycles. The number of carbonyl (C=O) groups is 4. The highest BCUT2D eigenvalue weighted by molar-refractivity contribution is 7.47. The van der Waals surface area contributed by atoms with Crippen LogP contribution in [0.1, 0.15) is 432 Å². The summed E-state index contributed by atoms with van der Waals surface area (Å²) in [5.74, 6) is -2.11. The zero-order valence-corrected chi connectivity index (χ0v) is 66.3. The van der Waals surface area contributed by atoms with E-state index in [2.05, 4.69) is 27.7 Å². The summed E-state index contributed by atoms with van der Waals surface area (Å²) in [5.41, 5.74) is 0. The fourth-order valence-electron chi connectivity index (χ4n) is 12.5. The van der Waals surface area contributed by atoms with E-state index < -0.39 is 97.5 Å². The van der Waals surface area contributed by atoms with Gasteiger partial charge in [-0.3, -0.25) is 37.3 Å². The summed E-state index contributed by atoms with van der Waals surface area (Å²) < 4.78 is 68.6. The van der Waals surface area contributed by atoms with Crippen LogP contribution in [-0.4, -0.2) is 96.7 Å². The van der Waals surface area contributed by atoms with Crippen molar-refractivity contribution in [2.75, 3.05) is 39.6 Å². The highest BCUT2D eigenvalue weighted by atomic mass is 31.2. The van der Waals surface area contributed by atoms with Crippen molar-refractivity contribution >= 4 is 39.5 Å². The Labute approximate surface area is 607 Å². The van der Waals surface area contributed by atoms with E-state index in [9.17, 15) is 43.2 Å². The maximum atomic E-state index is 13.1. The largest absolute Gasteiger partial charge is 0.472 e. The number of esters is 4. The van der Waals surface area contributed by atoms with Crippen LogP contribution >= 0.6 is 15.6 Å². The normalized spacial score (nSPS) is 13.8. The van der Waals surface area contributed by atoms with Crippen molar-refractivity contribution in [3.05, 3.63) is 0 Å². The number of unbranched alkanes of at least 4 members (excludes halogenated alkanes) is 55. The highest BCUT2D eigenvalue weighted by Crippen LogP contribution is 2.45. The van der Waals surface area contributed by atoms with E-state index in [0.717, 1.165) is 103 Å². The molecule has 0 amide bonds. The van der Waals surface area contributed by atoms with Crippen LogP contribution in [0.3, 0.4) is 0 Å². The molecule has 0 bridgehead atoms. The van der Waals surface area contributed by atoms with Gasteiger partial charge in [-0.1, -0.05) is 381 Å². The van der Waals surface area contributed by atoms with E-state index in [4.69, 9.17) is 37.0 Å². The first-order valence-corrected chi connectivity index (χ1v) is 44.8. The third-order valence-corrected chi connectivity index (χ3v) is 20.8. The maximum Gasteiger partial charge on any atom is 0.472 e. The number of phosphoric acid groups is 2. The van der Waals surface area contributed by atoms with E-state index in [1.165, 1.54) is 250 Å². The van der Waals surface area contributed by atoms with E-state index in [1.807, 2.05) is 0 Å². The molecular formula is C80H156O17P2. The molecule has 2 unspecified atom stereocenters. The third kappa shape index (κ3) is 74.1. The van der Waals surface area contributed by atoms with Crippen molar-refractivity contribution in [3.63, 3.8) is 0 Å². The standard InChI is InChI=1S/C80H156O17P2/c1-5-9-13-17-21-24-27-30-33-35-37-39-42-45-48-51-55-59-63-67-80(85)97-76(71-91-78(83)65-61-57-53-49-46-43-41-38-36-34-31-28-25-22-18-14-10-6-2)73-95-99(88,89)93-69-74(81)68-92-98(86,87)94-72-75(70-90-77(82)64-60-56-52-20-16-12-8-4)96-79(84)66-62-58-54-50-47-44-40-32-29-26-23-19-15-11-7-3/h74-76,81H,5-73H2,1-4H3,(H,86,87)(H,88,89)/t74-,75+,76+/m0/s1. The van der Waals surface area contributed by atoms with Crippen molar-refractivity contribution in [2.45, 2.75) is 451 Å². The third-order valence-electron chi connectivity index (χ3n) is 18.9. The molecule has 0 aromatic carbocycles. The Bertz CT molecular complexity index is 1880. The van der Waals surface area contributed by atoms with E-state index >= 15 is 0 Å². The summed E-state index contributed by atoms with van der Waals surface area (Å²) in [7, 11) is -9.91. The van der Waals surface area contributed by atoms with Crippen molar-refractivity contribution in [1.29, 1.82) is 0 Å². The van der Waals surface area contributed by atoms with Gasteiger partial charge in [-0.2, -0.15) is 0 Å². The lowest BCUT2D eigenvalue weighted by atomic mass is 10.0. The first-order chi connectivity index (χ1) is 48.2. The quantitative estimate of drug-likeness (QED) is 0.0222. The first-order valence-electron chi connectivity index (χ1n) is 41.8. The zero-order chi connectivity index (χ0) is 72.5. The number of hydrogen-bond acceptors (Lipinski definition) is 15. The Hall–Kier alpha value is -1.94. The number of rotatable bonds is 81. The predicted octanol–water partition coefficient (Wildman–Crippen LogP) is 24.2. The topological polar surface area (TPSA) is 237 Å². The van der Waals surface area contributed by atoms with Crippen molar-refractivity contribution < 1.29 is 80.2 Å². The smallest absolute Gasteiger partial charge is 0.462 e. The van der Waals surface area contributed by atoms with Crippen LogP contribution in [-0.2, 0) is 65.4 Å². The SMILES string of the molecule is CCCCCCCCCCCCCCCCCCCCCC(=O)O[C@H](COC(=O)CCCCCCCCCCCCCCCCCCCC)COP(=O)(O)OC[C@@H](O)COP(=O)(O)OC[C@@H](COC(=O)CCCCCCCCC)OC(=O)CCCCCCCCCCCCCCCCC. The molecule has 0 saturated carbocycles. The fraction of sp³-hybridized carbons (Fsp3) is 0.950. The average molecular weight is 1450 g/mol. The Balaban J connectivity index is 5.17. The van der Waals surface area contributed by atoms with Crippen molar-refractivity contribution in [2.24, 2.45) is 0 Å². The number of phosphoric ester groups is 2. The van der Waals surface area contributed by atoms with Gasteiger partial charge >= 0.3 is 39.5 Å². The molecule has 588 valence electrons. The molecule has 3 N–H and O–H groups in total. The molecule has 19 heteroatoms. The molecule has 99 heavy (non-hydrogen) atoms. The summed E-state index contributed by atoms with van der Waals surface area (Å²) >= 11 is 0. The number of ether oxygens (including phenoxy) is 4. The Morgan fingerprint density at radius 1 is 0.242 bits per heavy atom. The molecule has 0 rings (SSSR count). The molecule has 0 aliphatic carbocycles. The maximum absolute atomic E-state index is 13.1. The summed E-state index contributed by atoms with van der Waals surface area (Å²) in [6, 6.07) is 0.